The molecule has 0 saturated carbocycles. The first-order valence-corrected chi connectivity index (χ1v) is 11.8. The van der Waals surface area contributed by atoms with Crippen molar-refractivity contribution >= 4 is 28.8 Å². The van der Waals surface area contributed by atoms with Crippen molar-refractivity contribution < 1.29 is 19.1 Å². The van der Waals surface area contributed by atoms with Gasteiger partial charge in [0, 0.05) is 25.9 Å². The van der Waals surface area contributed by atoms with E-state index in [0.29, 0.717) is 24.3 Å². The SMILES string of the molecule is COCCOC(=O)C1=C(C)N=C2SC=C(CC(=O)N3CCCC3)N2[C@H]1c1ccccc1C. The Morgan fingerprint density at radius 2 is 1.91 bits per heavy atom. The molecule has 4 rings (SSSR count). The average molecular weight is 456 g/mol. The minimum absolute atomic E-state index is 0.120. The molecular weight excluding hydrogens is 426 g/mol. The number of carbonyl (C=O) groups excluding carboxylic acids is 2. The van der Waals surface area contributed by atoms with Crippen LogP contribution in [0.1, 0.15) is 43.4 Å². The first kappa shape index (κ1) is 22.6. The normalized spacial score (nSPS) is 20.3. The largest absolute Gasteiger partial charge is 0.460 e. The van der Waals surface area contributed by atoms with E-state index in [4.69, 9.17) is 14.5 Å². The molecule has 1 fully saturated rings. The van der Waals surface area contributed by atoms with Gasteiger partial charge in [0.15, 0.2) is 5.17 Å². The molecule has 7 nitrogen and oxygen atoms in total. The fourth-order valence-electron chi connectivity index (χ4n) is 4.35. The predicted molar refractivity (Wildman–Crippen MR) is 125 cm³/mol. The number of likely N-dealkylation sites (tertiary alicyclic amines) is 1. The molecule has 0 spiro atoms. The van der Waals surface area contributed by atoms with Crippen LogP contribution in [0.15, 0.2) is 51.6 Å². The Labute approximate surface area is 193 Å². The lowest BCUT2D eigenvalue weighted by Gasteiger charge is -2.37. The number of fused-ring (bicyclic) bond motifs is 1. The van der Waals surface area contributed by atoms with Crippen molar-refractivity contribution in [3.05, 3.63) is 57.8 Å². The van der Waals surface area contributed by atoms with Gasteiger partial charge in [0.25, 0.3) is 0 Å². The second kappa shape index (κ2) is 9.92. The van der Waals surface area contributed by atoms with Crippen LogP contribution in [0.5, 0.6) is 0 Å². The number of nitrogens with zero attached hydrogens (tertiary/aromatic N) is 3. The van der Waals surface area contributed by atoms with Gasteiger partial charge in [-0.05, 0) is 43.2 Å². The fraction of sp³-hybridized carbons (Fsp3) is 0.458. The summed E-state index contributed by atoms with van der Waals surface area (Å²) in [6.07, 6.45) is 2.40. The summed E-state index contributed by atoms with van der Waals surface area (Å²) in [5, 5.41) is 2.78. The van der Waals surface area contributed by atoms with Crippen molar-refractivity contribution in [3.63, 3.8) is 0 Å². The minimum Gasteiger partial charge on any atom is -0.460 e. The third-order valence-electron chi connectivity index (χ3n) is 6.02. The number of aliphatic imine (C=N–C) groups is 1. The van der Waals surface area contributed by atoms with E-state index in [2.05, 4.69) is 0 Å². The molecule has 0 aliphatic carbocycles. The summed E-state index contributed by atoms with van der Waals surface area (Å²) in [6, 6.07) is 7.62. The van der Waals surface area contributed by atoms with Gasteiger partial charge in [-0.2, -0.15) is 0 Å². The highest BCUT2D eigenvalue weighted by Gasteiger charge is 2.42. The number of amidine groups is 1. The highest BCUT2D eigenvalue weighted by Crippen LogP contribution is 2.45. The Bertz CT molecular complexity index is 995. The molecule has 3 heterocycles. The third-order valence-corrected chi connectivity index (χ3v) is 6.90. The second-order valence-corrected chi connectivity index (χ2v) is 8.98. The lowest BCUT2D eigenvalue weighted by atomic mass is 9.91. The Morgan fingerprint density at radius 3 is 2.62 bits per heavy atom. The molecule has 1 atom stereocenters. The topological polar surface area (TPSA) is 71.4 Å². The third kappa shape index (κ3) is 4.47. The number of aryl methyl sites for hydroxylation is 1. The first-order valence-electron chi connectivity index (χ1n) is 10.9. The Morgan fingerprint density at radius 1 is 1.16 bits per heavy atom. The summed E-state index contributed by atoms with van der Waals surface area (Å²) in [6.45, 7) is 6.02. The molecule has 32 heavy (non-hydrogen) atoms. The molecule has 1 saturated heterocycles. The summed E-state index contributed by atoms with van der Waals surface area (Å²) in [5.41, 5.74) is 4.07. The first-order chi connectivity index (χ1) is 15.5. The molecule has 1 aromatic rings. The molecule has 8 heteroatoms. The summed E-state index contributed by atoms with van der Waals surface area (Å²) in [5.74, 6) is -0.285. The van der Waals surface area contributed by atoms with Gasteiger partial charge in [0.1, 0.15) is 6.61 Å². The van der Waals surface area contributed by atoms with Gasteiger partial charge in [-0.1, -0.05) is 36.0 Å². The molecule has 0 aromatic heterocycles. The molecule has 0 bridgehead atoms. The maximum atomic E-state index is 13.2. The fourth-order valence-corrected chi connectivity index (χ4v) is 5.31. The molecule has 3 aliphatic rings. The van der Waals surface area contributed by atoms with Crippen molar-refractivity contribution in [3.8, 4) is 0 Å². The number of hydrogen-bond donors (Lipinski definition) is 0. The number of amides is 1. The van der Waals surface area contributed by atoms with Gasteiger partial charge in [0.2, 0.25) is 5.91 Å². The molecule has 0 N–H and O–H groups in total. The number of carbonyl (C=O) groups is 2. The van der Waals surface area contributed by atoms with Crippen LogP contribution < -0.4 is 0 Å². The molecule has 170 valence electrons. The number of ether oxygens (including phenoxy) is 2. The summed E-state index contributed by atoms with van der Waals surface area (Å²) >= 11 is 1.50. The Kier molecular flexibility index (Phi) is 7.01. The van der Waals surface area contributed by atoms with E-state index < -0.39 is 12.0 Å². The van der Waals surface area contributed by atoms with Crippen LogP contribution >= 0.6 is 11.8 Å². The molecular formula is C24H29N3O4S. The zero-order chi connectivity index (χ0) is 22.7. The lowest BCUT2D eigenvalue weighted by Crippen LogP contribution is -2.38. The second-order valence-electron chi connectivity index (χ2n) is 8.14. The van der Waals surface area contributed by atoms with E-state index in [0.717, 1.165) is 47.9 Å². The molecule has 3 aliphatic heterocycles. The van der Waals surface area contributed by atoms with Crippen LogP contribution in [0.25, 0.3) is 0 Å². The van der Waals surface area contributed by atoms with Gasteiger partial charge in [-0.3, -0.25) is 4.79 Å². The highest BCUT2D eigenvalue weighted by molar-refractivity contribution is 8.16. The van der Waals surface area contributed by atoms with Crippen molar-refractivity contribution in [1.29, 1.82) is 0 Å². The predicted octanol–water partition coefficient (Wildman–Crippen LogP) is 3.77. The van der Waals surface area contributed by atoms with E-state index in [1.54, 1.807) is 7.11 Å². The number of rotatable bonds is 7. The van der Waals surface area contributed by atoms with Crippen molar-refractivity contribution in [2.75, 3.05) is 33.4 Å². The summed E-state index contributed by atoms with van der Waals surface area (Å²) in [7, 11) is 1.57. The van der Waals surface area contributed by atoms with Gasteiger partial charge in [-0.25, -0.2) is 9.79 Å². The van der Waals surface area contributed by atoms with Gasteiger partial charge in [0.05, 0.1) is 30.3 Å². The molecule has 0 unspecified atom stereocenters. The zero-order valence-electron chi connectivity index (χ0n) is 18.8. The lowest BCUT2D eigenvalue weighted by molar-refractivity contribution is -0.141. The van der Waals surface area contributed by atoms with Crippen molar-refractivity contribution in [2.45, 2.75) is 39.2 Å². The average Bonchev–Trinajstić information content (AvgIpc) is 3.44. The van der Waals surface area contributed by atoms with Gasteiger partial charge >= 0.3 is 5.97 Å². The minimum atomic E-state index is -0.405. The smallest absolute Gasteiger partial charge is 0.338 e. The number of thioether (sulfide) groups is 1. The Hall–Kier alpha value is -2.58. The quantitative estimate of drug-likeness (QED) is 0.460. The number of allylic oxidation sites excluding steroid dienone is 1. The molecule has 1 amide bonds. The van der Waals surface area contributed by atoms with E-state index in [1.807, 2.05) is 53.3 Å². The van der Waals surface area contributed by atoms with Gasteiger partial charge < -0.3 is 19.3 Å². The standard InChI is InChI=1S/C24H29N3O4S/c1-16-8-4-5-9-19(16)22-21(23(29)31-13-12-30-3)17(2)25-24-27(22)18(15-32-24)14-20(28)26-10-6-7-11-26/h4-5,8-9,15,22H,6-7,10-14H2,1-3H3/t22-/m0/s1. The van der Waals surface area contributed by atoms with Crippen LogP contribution in [0.4, 0.5) is 0 Å². The van der Waals surface area contributed by atoms with Crippen LogP contribution in [-0.2, 0) is 19.1 Å². The van der Waals surface area contributed by atoms with Crippen LogP contribution in [0.2, 0.25) is 0 Å². The van der Waals surface area contributed by atoms with Crippen molar-refractivity contribution in [1.82, 2.24) is 9.80 Å². The van der Waals surface area contributed by atoms with E-state index in [-0.39, 0.29) is 12.5 Å². The van der Waals surface area contributed by atoms with Crippen LogP contribution in [-0.4, -0.2) is 60.3 Å². The van der Waals surface area contributed by atoms with Crippen LogP contribution in [0.3, 0.4) is 0 Å². The highest BCUT2D eigenvalue weighted by atomic mass is 32.2. The summed E-state index contributed by atoms with van der Waals surface area (Å²) in [4.78, 5) is 34.8. The van der Waals surface area contributed by atoms with E-state index in [9.17, 15) is 9.59 Å². The number of esters is 1. The number of hydrogen-bond acceptors (Lipinski definition) is 7. The summed E-state index contributed by atoms with van der Waals surface area (Å²) < 4.78 is 10.5. The zero-order valence-corrected chi connectivity index (χ0v) is 19.6. The van der Waals surface area contributed by atoms with E-state index in [1.165, 1.54) is 11.8 Å². The number of methoxy groups -OCH3 is 1. The maximum absolute atomic E-state index is 13.2. The molecule has 0 radical (unpaired) electrons. The van der Waals surface area contributed by atoms with Gasteiger partial charge in [-0.15, -0.1) is 0 Å². The Balaban J connectivity index is 1.69. The van der Waals surface area contributed by atoms with Crippen molar-refractivity contribution in [2.24, 2.45) is 4.99 Å². The van der Waals surface area contributed by atoms with E-state index >= 15 is 0 Å². The number of benzene rings is 1. The maximum Gasteiger partial charge on any atom is 0.338 e. The molecule has 1 aromatic carbocycles. The monoisotopic (exact) mass is 455 g/mol. The van der Waals surface area contributed by atoms with Crippen LogP contribution in [0, 0.1) is 6.92 Å².